The second-order valence-corrected chi connectivity index (χ2v) is 7.96. The average molecular weight is 352 g/mol. The topological polar surface area (TPSA) is 33.1 Å². The summed E-state index contributed by atoms with van der Waals surface area (Å²) >= 11 is 3.49. The predicted octanol–water partition coefficient (Wildman–Crippen LogP) is 4.89. The van der Waals surface area contributed by atoms with Crippen LogP contribution in [0.25, 0.3) is 0 Å². The summed E-state index contributed by atoms with van der Waals surface area (Å²) in [5, 5.41) is 11.4. The van der Waals surface area contributed by atoms with Gasteiger partial charge in [-0.1, -0.05) is 44.9 Å². The molecule has 2 atom stereocenters. The number of halogens is 1. The number of hydrogen-bond acceptors (Lipinski definition) is 2. The second-order valence-electron chi connectivity index (χ2n) is 7.04. The molecule has 0 radical (unpaired) electrons. The van der Waals surface area contributed by atoms with Gasteiger partial charge >= 0.3 is 0 Å². The Bertz CT molecular complexity index is 472. The maximum absolute atomic E-state index is 11.4. The van der Waals surface area contributed by atoms with Gasteiger partial charge in [0.25, 0.3) is 0 Å². The fraction of sp³-hybridized carbons (Fsp3) is 0.722. The van der Waals surface area contributed by atoms with E-state index >= 15 is 0 Å². The molecule has 2 saturated carbocycles. The number of rotatable bonds is 3. The summed E-state index contributed by atoms with van der Waals surface area (Å²) in [7, 11) is 0. The average Bonchev–Trinajstić information content (AvgIpc) is 2.48. The van der Waals surface area contributed by atoms with Crippen molar-refractivity contribution in [3.63, 3.8) is 0 Å². The van der Waals surface area contributed by atoms with E-state index in [0.29, 0.717) is 5.92 Å². The van der Waals surface area contributed by atoms with E-state index in [1.54, 1.807) is 0 Å². The Labute approximate surface area is 136 Å². The molecule has 2 fully saturated rings. The van der Waals surface area contributed by atoms with Gasteiger partial charge in [0.05, 0.1) is 5.60 Å². The van der Waals surface area contributed by atoms with Crippen LogP contribution in [0.3, 0.4) is 0 Å². The van der Waals surface area contributed by atoms with Crippen molar-refractivity contribution in [2.75, 3.05) is 0 Å². The van der Waals surface area contributed by atoms with Gasteiger partial charge in [0, 0.05) is 23.3 Å². The Hall–Kier alpha value is -0.410. The van der Waals surface area contributed by atoms with E-state index in [0.717, 1.165) is 28.8 Å². The van der Waals surface area contributed by atoms with Crippen LogP contribution in [-0.2, 0) is 6.42 Å². The van der Waals surface area contributed by atoms with E-state index in [-0.39, 0.29) is 0 Å². The zero-order chi connectivity index (χ0) is 14.7. The number of aliphatic hydroxyl groups is 1. The van der Waals surface area contributed by atoms with E-state index in [2.05, 4.69) is 27.0 Å². The van der Waals surface area contributed by atoms with Crippen molar-refractivity contribution < 1.29 is 5.11 Å². The highest BCUT2D eigenvalue weighted by molar-refractivity contribution is 9.10. The van der Waals surface area contributed by atoms with Gasteiger partial charge in [0.15, 0.2) is 0 Å². The minimum atomic E-state index is -0.511. The summed E-state index contributed by atoms with van der Waals surface area (Å²) in [6, 6.07) is 2.11. The molecule has 0 saturated heterocycles. The third kappa shape index (κ3) is 3.68. The van der Waals surface area contributed by atoms with Gasteiger partial charge in [-0.15, -0.1) is 0 Å². The Morgan fingerprint density at radius 3 is 2.62 bits per heavy atom. The number of nitrogens with zero attached hydrogens (tertiary/aromatic N) is 1. The molecule has 1 aromatic rings. The lowest BCUT2D eigenvalue weighted by atomic mass is 9.64. The number of hydrogen-bond donors (Lipinski definition) is 1. The third-order valence-corrected chi connectivity index (χ3v) is 5.99. The highest BCUT2D eigenvalue weighted by Gasteiger charge is 2.43. The van der Waals surface area contributed by atoms with Gasteiger partial charge in [-0.3, -0.25) is 4.98 Å². The Morgan fingerprint density at radius 1 is 1.10 bits per heavy atom. The first-order valence-electron chi connectivity index (χ1n) is 8.49. The normalized spacial score (nSPS) is 31.2. The fourth-order valence-corrected chi connectivity index (χ4v) is 5.00. The lowest BCUT2D eigenvalue weighted by Gasteiger charge is -2.45. The summed E-state index contributed by atoms with van der Waals surface area (Å²) in [6.45, 7) is 0. The molecule has 0 spiro atoms. The van der Waals surface area contributed by atoms with Gasteiger partial charge in [0.2, 0.25) is 0 Å². The molecule has 0 bridgehead atoms. The van der Waals surface area contributed by atoms with Crippen molar-refractivity contribution in [3.8, 4) is 0 Å². The molecular weight excluding hydrogens is 326 g/mol. The molecule has 116 valence electrons. The largest absolute Gasteiger partial charge is 0.389 e. The van der Waals surface area contributed by atoms with Crippen LogP contribution < -0.4 is 0 Å². The predicted molar refractivity (Wildman–Crippen MR) is 89.1 cm³/mol. The van der Waals surface area contributed by atoms with Crippen molar-refractivity contribution in [1.29, 1.82) is 0 Å². The highest BCUT2D eigenvalue weighted by atomic mass is 79.9. The van der Waals surface area contributed by atoms with Crippen molar-refractivity contribution >= 4 is 15.9 Å². The van der Waals surface area contributed by atoms with Gasteiger partial charge in [-0.25, -0.2) is 0 Å². The van der Waals surface area contributed by atoms with E-state index < -0.39 is 5.60 Å². The third-order valence-electron chi connectivity index (χ3n) is 5.56. The lowest BCUT2D eigenvalue weighted by molar-refractivity contribution is -0.0767. The van der Waals surface area contributed by atoms with Crippen LogP contribution in [0.15, 0.2) is 22.9 Å². The van der Waals surface area contributed by atoms with Gasteiger partial charge < -0.3 is 5.11 Å². The van der Waals surface area contributed by atoms with Gasteiger partial charge in [-0.05, 0) is 52.2 Å². The molecule has 0 amide bonds. The summed E-state index contributed by atoms with van der Waals surface area (Å²) < 4.78 is 1.01. The SMILES string of the molecule is OC1(Cc2cncc(Br)c2)CCCCC1C1CCCCC1. The molecule has 1 aromatic heterocycles. The molecule has 3 rings (SSSR count). The second kappa shape index (κ2) is 6.78. The molecule has 0 aliphatic heterocycles. The van der Waals surface area contributed by atoms with Crippen molar-refractivity contribution in [3.05, 3.63) is 28.5 Å². The highest BCUT2D eigenvalue weighted by Crippen LogP contribution is 2.45. The monoisotopic (exact) mass is 351 g/mol. The van der Waals surface area contributed by atoms with Crippen LogP contribution in [0.4, 0.5) is 0 Å². The van der Waals surface area contributed by atoms with Crippen LogP contribution in [-0.4, -0.2) is 15.7 Å². The zero-order valence-electron chi connectivity index (χ0n) is 12.7. The minimum absolute atomic E-state index is 0.491. The molecule has 1 N–H and O–H groups in total. The summed E-state index contributed by atoms with van der Waals surface area (Å²) in [4.78, 5) is 4.26. The van der Waals surface area contributed by atoms with E-state index in [1.807, 2.05) is 12.4 Å². The first-order chi connectivity index (χ1) is 10.2. The molecule has 21 heavy (non-hydrogen) atoms. The molecular formula is C18H26BrNO. The fourth-order valence-electron chi connectivity index (χ4n) is 4.59. The number of aromatic nitrogens is 1. The molecule has 2 nitrogen and oxygen atoms in total. The smallest absolute Gasteiger partial charge is 0.0719 e. The zero-order valence-corrected chi connectivity index (χ0v) is 14.3. The van der Waals surface area contributed by atoms with Crippen LogP contribution in [0.1, 0.15) is 63.4 Å². The quantitative estimate of drug-likeness (QED) is 0.840. The van der Waals surface area contributed by atoms with Crippen molar-refractivity contribution in [2.45, 2.75) is 69.8 Å². The Morgan fingerprint density at radius 2 is 1.86 bits per heavy atom. The van der Waals surface area contributed by atoms with Crippen LogP contribution >= 0.6 is 15.9 Å². The first kappa shape index (κ1) is 15.5. The summed E-state index contributed by atoms with van der Waals surface area (Å²) in [5.41, 5.74) is 0.650. The van der Waals surface area contributed by atoms with E-state index in [1.165, 1.54) is 51.4 Å². The maximum Gasteiger partial charge on any atom is 0.0719 e. The van der Waals surface area contributed by atoms with Crippen LogP contribution in [0, 0.1) is 11.8 Å². The summed E-state index contributed by atoms with van der Waals surface area (Å²) in [5.74, 6) is 1.23. The molecule has 1 heterocycles. The Kier molecular flexibility index (Phi) is 5.00. The van der Waals surface area contributed by atoms with Gasteiger partial charge in [0.1, 0.15) is 0 Å². The standard InChI is InChI=1S/C18H26BrNO/c19-16-10-14(12-20-13-16)11-18(21)9-5-4-8-17(18)15-6-2-1-3-7-15/h10,12-13,15,17,21H,1-9,11H2. The van der Waals surface area contributed by atoms with E-state index in [4.69, 9.17) is 0 Å². The molecule has 0 aromatic carbocycles. The number of pyridine rings is 1. The van der Waals surface area contributed by atoms with Crippen molar-refractivity contribution in [1.82, 2.24) is 4.98 Å². The molecule has 2 unspecified atom stereocenters. The summed E-state index contributed by atoms with van der Waals surface area (Å²) in [6.07, 6.45) is 15.9. The van der Waals surface area contributed by atoms with Gasteiger partial charge in [-0.2, -0.15) is 0 Å². The lowest BCUT2D eigenvalue weighted by Crippen LogP contribution is -2.46. The molecule has 2 aliphatic carbocycles. The maximum atomic E-state index is 11.4. The van der Waals surface area contributed by atoms with E-state index in [9.17, 15) is 5.11 Å². The van der Waals surface area contributed by atoms with Crippen LogP contribution in [0.5, 0.6) is 0 Å². The first-order valence-corrected chi connectivity index (χ1v) is 9.28. The molecule has 3 heteroatoms. The Balaban J connectivity index is 1.77. The minimum Gasteiger partial charge on any atom is -0.389 e. The van der Waals surface area contributed by atoms with Crippen LogP contribution in [0.2, 0.25) is 0 Å². The van der Waals surface area contributed by atoms with Crippen molar-refractivity contribution in [2.24, 2.45) is 11.8 Å². The molecule has 2 aliphatic rings.